The molecular weight excluding hydrogens is 520 g/mol. The maximum atomic E-state index is 12.8. The van der Waals surface area contributed by atoms with Crippen LogP contribution < -0.4 is 25.8 Å². The average Bonchev–Trinajstić information content (AvgIpc) is 3.20. The highest BCUT2D eigenvalue weighted by Gasteiger charge is 2.34. The average molecular weight is 549 g/mol. The molecule has 0 aromatic heterocycles. The molecule has 2 aromatic rings. The molecule has 0 saturated heterocycles. The van der Waals surface area contributed by atoms with Crippen LogP contribution >= 0.6 is 12.2 Å². The van der Waals surface area contributed by atoms with Gasteiger partial charge in [0.15, 0.2) is 11.7 Å². The van der Waals surface area contributed by atoms with E-state index >= 15 is 0 Å². The van der Waals surface area contributed by atoms with Gasteiger partial charge in [-0.1, -0.05) is 36.4 Å². The van der Waals surface area contributed by atoms with Gasteiger partial charge in [0.1, 0.15) is 11.7 Å². The van der Waals surface area contributed by atoms with Crippen molar-refractivity contribution in [3.8, 4) is 5.75 Å². The molecule has 0 aliphatic carbocycles. The molecule has 2 aliphatic rings. The Morgan fingerprint density at radius 3 is 2.62 bits per heavy atom. The molecule has 2 atom stereocenters. The van der Waals surface area contributed by atoms with Crippen molar-refractivity contribution < 1.29 is 23.9 Å². The van der Waals surface area contributed by atoms with Crippen molar-refractivity contribution >= 4 is 52.7 Å². The largest absolute Gasteiger partial charge is 0.483 e. The number of benzene rings is 2. The van der Waals surface area contributed by atoms with Crippen LogP contribution in [0.2, 0.25) is 0 Å². The van der Waals surface area contributed by atoms with E-state index in [1.54, 1.807) is 57.2 Å². The predicted molar refractivity (Wildman–Crippen MR) is 150 cm³/mol. The Balaban J connectivity index is 1.40. The first kappa shape index (κ1) is 27.5. The summed E-state index contributed by atoms with van der Waals surface area (Å²) < 4.78 is 11.0. The fraction of sp³-hybridized carbons (Fsp3) is 0.259. The zero-order valence-corrected chi connectivity index (χ0v) is 22.5. The molecular formula is C27H28N6O5S. The van der Waals surface area contributed by atoms with E-state index in [1.807, 2.05) is 18.2 Å². The van der Waals surface area contributed by atoms with Crippen molar-refractivity contribution in [3.63, 3.8) is 0 Å². The summed E-state index contributed by atoms with van der Waals surface area (Å²) in [6.07, 6.45) is 1.34. The molecule has 12 heteroatoms. The Kier molecular flexibility index (Phi) is 8.67. The third-order valence-corrected chi connectivity index (χ3v) is 6.17. The number of rotatable bonds is 9. The molecule has 0 bridgehead atoms. The number of hydrazone groups is 2. The van der Waals surface area contributed by atoms with E-state index in [1.165, 1.54) is 11.2 Å². The summed E-state index contributed by atoms with van der Waals surface area (Å²) in [6, 6.07) is 15.4. The van der Waals surface area contributed by atoms with E-state index in [0.29, 0.717) is 39.1 Å². The first-order valence-corrected chi connectivity index (χ1v) is 12.6. The van der Waals surface area contributed by atoms with Crippen molar-refractivity contribution in [2.45, 2.75) is 26.8 Å². The summed E-state index contributed by atoms with van der Waals surface area (Å²) in [4.78, 5) is 38.0. The minimum absolute atomic E-state index is 0.216. The van der Waals surface area contributed by atoms with Crippen LogP contribution in [0.25, 0.3) is 0 Å². The summed E-state index contributed by atoms with van der Waals surface area (Å²) in [7, 11) is 0. The number of carbonyl (C=O) groups excluding carboxylic acids is 3. The van der Waals surface area contributed by atoms with E-state index in [0.717, 1.165) is 0 Å². The lowest BCUT2D eigenvalue weighted by Crippen LogP contribution is -2.45. The number of para-hydroxylation sites is 2. The maximum absolute atomic E-state index is 12.8. The molecule has 0 spiro atoms. The highest BCUT2D eigenvalue weighted by molar-refractivity contribution is 7.80. The lowest BCUT2D eigenvalue weighted by Gasteiger charge is -2.30. The number of carbonyl (C=O) groups is 3. The van der Waals surface area contributed by atoms with Gasteiger partial charge in [-0.15, -0.1) is 0 Å². The van der Waals surface area contributed by atoms with Gasteiger partial charge >= 0.3 is 5.97 Å². The second-order valence-corrected chi connectivity index (χ2v) is 9.04. The van der Waals surface area contributed by atoms with Crippen molar-refractivity contribution in [3.05, 3.63) is 71.4 Å². The third-order valence-electron chi connectivity index (χ3n) is 5.95. The SMILES string of the molecule is CCOC(=O)C1=C(C)NC(=S)N[C@H]1c1ccccc1OCC(=O)NN=C[C@@H]1C(=O)N(c2ccccc2)N=C1C. The van der Waals surface area contributed by atoms with Gasteiger partial charge in [0, 0.05) is 17.5 Å². The molecule has 39 heavy (non-hydrogen) atoms. The summed E-state index contributed by atoms with van der Waals surface area (Å²) in [5, 5.41) is 15.9. The van der Waals surface area contributed by atoms with Crippen molar-refractivity contribution in [1.82, 2.24) is 16.1 Å². The number of nitrogens with zero attached hydrogens (tertiary/aromatic N) is 3. The first-order valence-electron chi connectivity index (χ1n) is 12.2. The fourth-order valence-electron chi connectivity index (χ4n) is 4.12. The van der Waals surface area contributed by atoms with Crippen LogP contribution in [0.5, 0.6) is 5.75 Å². The van der Waals surface area contributed by atoms with Crippen LogP contribution in [0.1, 0.15) is 32.4 Å². The Bertz CT molecular complexity index is 1370. The van der Waals surface area contributed by atoms with Gasteiger partial charge in [-0.3, -0.25) is 9.59 Å². The third kappa shape index (κ3) is 6.29. The lowest BCUT2D eigenvalue weighted by atomic mass is 9.95. The standard InChI is InChI=1S/C27H28N6O5S/c1-4-37-26(36)23-17(3)29-27(39)30-24(23)19-12-8-9-13-21(19)38-15-22(34)31-28-14-20-16(2)32-33(25(20)35)18-10-6-5-7-11-18/h5-14,20,24H,4,15H2,1-3H3,(H,31,34)(H2,29,30,39)/t20-,24-/m0/s1. The Hall–Kier alpha value is -4.58. The molecule has 2 amide bonds. The molecule has 0 unspecified atom stereocenters. The second kappa shape index (κ2) is 12.3. The van der Waals surface area contributed by atoms with Gasteiger partial charge in [0.2, 0.25) is 0 Å². The topological polar surface area (TPSA) is 134 Å². The van der Waals surface area contributed by atoms with Crippen LogP contribution in [0, 0.1) is 5.92 Å². The van der Waals surface area contributed by atoms with Crippen LogP contribution in [0.15, 0.2) is 76.1 Å². The molecule has 0 saturated carbocycles. The maximum Gasteiger partial charge on any atom is 0.338 e. The van der Waals surface area contributed by atoms with Gasteiger partial charge < -0.3 is 20.1 Å². The molecule has 2 aliphatic heterocycles. The summed E-state index contributed by atoms with van der Waals surface area (Å²) >= 11 is 5.29. The number of esters is 1. The van der Waals surface area contributed by atoms with Gasteiger partial charge in [-0.25, -0.2) is 10.2 Å². The number of hydrogen-bond acceptors (Lipinski definition) is 8. The zero-order chi connectivity index (χ0) is 27.9. The van der Waals surface area contributed by atoms with E-state index in [4.69, 9.17) is 21.7 Å². The number of amides is 2. The number of allylic oxidation sites excluding steroid dienone is 1. The predicted octanol–water partition coefficient (Wildman–Crippen LogP) is 2.56. The van der Waals surface area contributed by atoms with Crippen molar-refractivity contribution in [2.24, 2.45) is 16.1 Å². The highest BCUT2D eigenvalue weighted by Crippen LogP contribution is 2.33. The van der Waals surface area contributed by atoms with Gasteiger partial charge in [-0.2, -0.15) is 15.2 Å². The molecule has 0 radical (unpaired) electrons. The molecule has 2 aromatic carbocycles. The van der Waals surface area contributed by atoms with E-state index in [-0.39, 0.29) is 19.1 Å². The Morgan fingerprint density at radius 2 is 1.87 bits per heavy atom. The smallest absolute Gasteiger partial charge is 0.338 e. The number of nitrogens with one attached hydrogen (secondary N) is 3. The van der Waals surface area contributed by atoms with E-state index in [9.17, 15) is 14.4 Å². The second-order valence-electron chi connectivity index (χ2n) is 8.63. The first-order chi connectivity index (χ1) is 18.8. The molecule has 0 fully saturated rings. The minimum Gasteiger partial charge on any atom is -0.483 e. The van der Waals surface area contributed by atoms with Gasteiger partial charge in [0.05, 0.1) is 29.6 Å². The fourth-order valence-corrected chi connectivity index (χ4v) is 4.39. The molecule has 3 N–H and O–H groups in total. The van der Waals surface area contributed by atoms with Gasteiger partial charge in [-0.05, 0) is 51.2 Å². The molecule has 2 heterocycles. The highest BCUT2D eigenvalue weighted by atomic mass is 32.1. The monoisotopic (exact) mass is 548 g/mol. The van der Waals surface area contributed by atoms with Crippen molar-refractivity contribution in [2.75, 3.05) is 18.2 Å². The minimum atomic E-state index is -0.696. The summed E-state index contributed by atoms with van der Waals surface area (Å²) in [5.74, 6) is -1.61. The van der Waals surface area contributed by atoms with Crippen LogP contribution in [0.3, 0.4) is 0 Å². The van der Waals surface area contributed by atoms with Crippen LogP contribution in [-0.2, 0) is 19.1 Å². The van der Waals surface area contributed by atoms with Gasteiger partial charge in [0.25, 0.3) is 11.8 Å². The molecule has 202 valence electrons. The van der Waals surface area contributed by atoms with E-state index in [2.05, 4.69) is 26.3 Å². The Morgan fingerprint density at radius 1 is 1.15 bits per heavy atom. The number of thiocarbonyl (C=S) groups is 1. The zero-order valence-electron chi connectivity index (χ0n) is 21.6. The van der Waals surface area contributed by atoms with Crippen molar-refractivity contribution in [1.29, 1.82) is 0 Å². The normalized spacial score (nSPS) is 18.9. The summed E-state index contributed by atoms with van der Waals surface area (Å²) in [6.45, 7) is 5.05. The number of ether oxygens (including phenoxy) is 2. The molecule has 4 rings (SSSR count). The Labute approximate surface area is 230 Å². The molecule has 11 nitrogen and oxygen atoms in total. The number of hydrogen-bond donors (Lipinski definition) is 3. The quantitative estimate of drug-likeness (QED) is 0.188. The van der Waals surface area contributed by atoms with Crippen LogP contribution in [-0.4, -0.2) is 48.0 Å². The lowest BCUT2D eigenvalue weighted by molar-refractivity contribution is -0.139. The van der Waals surface area contributed by atoms with E-state index < -0.39 is 23.8 Å². The number of anilines is 1. The summed E-state index contributed by atoms with van der Waals surface area (Å²) in [5.41, 5.74) is 5.11. The van der Waals surface area contributed by atoms with Crippen LogP contribution in [0.4, 0.5) is 5.69 Å².